The summed E-state index contributed by atoms with van der Waals surface area (Å²) in [5.41, 5.74) is -0.447. The first kappa shape index (κ1) is 18.8. The molecule has 5 heteroatoms. The van der Waals surface area contributed by atoms with Gasteiger partial charge in [-0.3, -0.25) is 4.79 Å². The Morgan fingerprint density at radius 1 is 1.14 bits per heavy atom. The highest BCUT2D eigenvalue weighted by molar-refractivity contribution is 5.77. The molecule has 1 fully saturated rings. The molecular weight excluding hydrogens is 280 g/mol. The minimum atomic E-state index is -0.447. The monoisotopic (exact) mass is 312 g/mol. The molecule has 1 aliphatic carbocycles. The predicted molar refractivity (Wildman–Crippen MR) is 87.5 cm³/mol. The van der Waals surface area contributed by atoms with Crippen LogP contribution >= 0.6 is 0 Å². The van der Waals surface area contributed by atoms with Crippen LogP contribution in [0.3, 0.4) is 0 Å². The SMILES string of the molecule is CNC(=O)[C@@H](C)CC1CCC(CNC(=O)OC(C)(C)C)CC1. The van der Waals surface area contributed by atoms with E-state index in [1.807, 2.05) is 27.7 Å². The highest BCUT2D eigenvalue weighted by Crippen LogP contribution is 2.32. The lowest BCUT2D eigenvalue weighted by molar-refractivity contribution is -0.124. The molecule has 0 aliphatic heterocycles. The van der Waals surface area contributed by atoms with E-state index in [1.165, 1.54) is 0 Å². The second kappa shape index (κ2) is 8.39. The van der Waals surface area contributed by atoms with Crippen LogP contribution in [0.1, 0.15) is 59.8 Å². The van der Waals surface area contributed by atoms with Crippen molar-refractivity contribution in [3.63, 3.8) is 0 Å². The number of carbonyl (C=O) groups is 2. The molecule has 128 valence electrons. The lowest BCUT2D eigenvalue weighted by atomic mass is 9.78. The van der Waals surface area contributed by atoms with Crippen LogP contribution in [0.4, 0.5) is 4.79 Å². The summed E-state index contributed by atoms with van der Waals surface area (Å²) >= 11 is 0. The first-order chi connectivity index (χ1) is 10.2. The zero-order valence-corrected chi connectivity index (χ0v) is 14.7. The van der Waals surface area contributed by atoms with Crippen LogP contribution in [0.5, 0.6) is 0 Å². The van der Waals surface area contributed by atoms with Crippen LogP contribution in [0.25, 0.3) is 0 Å². The fourth-order valence-electron chi connectivity index (χ4n) is 3.07. The van der Waals surface area contributed by atoms with E-state index in [9.17, 15) is 9.59 Å². The van der Waals surface area contributed by atoms with E-state index < -0.39 is 5.60 Å². The molecule has 22 heavy (non-hydrogen) atoms. The maximum Gasteiger partial charge on any atom is 0.407 e. The van der Waals surface area contributed by atoms with Crippen molar-refractivity contribution in [2.75, 3.05) is 13.6 Å². The molecule has 1 rings (SSSR count). The third-order valence-electron chi connectivity index (χ3n) is 4.28. The maximum atomic E-state index is 11.6. The fraction of sp³-hybridized carbons (Fsp3) is 0.882. The molecule has 1 aliphatic rings. The van der Waals surface area contributed by atoms with Gasteiger partial charge in [0.1, 0.15) is 5.60 Å². The number of alkyl carbamates (subject to hydrolysis) is 1. The van der Waals surface area contributed by atoms with Crippen LogP contribution in [0, 0.1) is 17.8 Å². The molecule has 0 radical (unpaired) electrons. The molecule has 5 nitrogen and oxygen atoms in total. The molecule has 2 amide bonds. The Hall–Kier alpha value is -1.26. The molecule has 0 bridgehead atoms. The molecule has 0 aromatic rings. The molecule has 0 saturated heterocycles. The van der Waals surface area contributed by atoms with Gasteiger partial charge in [0.05, 0.1) is 0 Å². The Kier molecular flexibility index (Phi) is 7.17. The van der Waals surface area contributed by atoms with Gasteiger partial charge in [-0.1, -0.05) is 19.8 Å². The molecule has 1 atom stereocenters. The van der Waals surface area contributed by atoms with Gasteiger partial charge >= 0.3 is 6.09 Å². The smallest absolute Gasteiger partial charge is 0.407 e. The number of hydrogen-bond donors (Lipinski definition) is 2. The largest absolute Gasteiger partial charge is 0.444 e. The number of carbonyl (C=O) groups excluding carboxylic acids is 2. The third kappa shape index (κ3) is 7.14. The molecule has 0 spiro atoms. The molecular formula is C17H32N2O3. The first-order valence-corrected chi connectivity index (χ1v) is 8.39. The molecule has 1 saturated carbocycles. The van der Waals surface area contributed by atoms with Crippen molar-refractivity contribution >= 4 is 12.0 Å². The number of amides is 2. The van der Waals surface area contributed by atoms with Gasteiger partial charge in [0.2, 0.25) is 5.91 Å². The highest BCUT2D eigenvalue weighted by Gasteiger charge is 2.25. The van der Waals surface area contributed by atoms with Crippen molar-refractivity contribution in [3.8, 4) is 0 Å². The summed E-state index contributed by atoms with van der Waals surface area (Å²) in [6.07, 6.45) is 5.14. The van der Waals surface area contributed by atoms with Gasteiger partial charge in [-0.05, 0) is 51.9 Å². The van der Waals surface area contributed by atoms with E-state index in [4.69, 9.17) is 4.74 Å². The summed E-state index contributed by atoms with van der Waals surface area (Å²) in [4.78, 5) is 23.2. The lowest BCUT2D eigenvalue weighted by Gasteiger charge is -2.30. The van der Waals surface area contributed by atoms with Gasteiger partial charge in [0.25, 0.3) is 0 Å². The summed E-state index contributed by atoms with van der Waals surface area (Å²) < 4.78 is 5.25. The number of rotatable bonds is 5. The van der Waals surface area contributed by atoms with E-state index in [0.29, 0.717) is 18.4 Å². The minimum absolute atomic E-state index is 0.0893. The van der Waals surface area contributed by atoms with Gasteiger partial charge in [-0.2, -0.15) is 0 Å². The van der Waals surface area contributed by atoms with Crippen LogP contribution in [-0.2, 0) is 9.53 Å². The molecule has 2 N–H and O–H groups in total. The topological polar surface area (TPSA) is 67.4 Å². The van der Waals surface area contributed by atoms with Gasteiger partial charge in [0.15, 0.2) is 0 Å². The highest BCUT2D eigenvalue weighted by atomic mass is 16.6. The van der Waals surface area contributed by atoms with Crippen molar-refractivity contribution in [2.45, 2.75) is 65.4 Å². The average molecular weight is 312 g/mol. The van der Waals surface area contributed by atoms with Crippen LogP contribution in [-0.4, -0.2) is 31.2 Å². The Labute approximate surface area is 134 Å². The Morgan fingerprint density at radius 3 is 2.18 bits per heavy atom. The van der Waals surface area contributed by atoms with E-state index in [0.717, 1.165) is 32.1 Å². The first-order valence-electron chi connectivity index (χ1n) is 8.39. The average Bonchev–Trinajstić information content (AvgIpc) is 2.43. The van der Waals surface area contributed by atoms with E-state index in [-0.39, 0.29) is 17.9 Å². The van der Waals surface area contributed by atoms with Crippen molar-refractivity contribution in [2.24, 2.45) is 17.8 Å². The van der Waals surface area contributed by atoms with Crippen molar-refractivity contribution in [3.05, 3.63) is 0 Å². The summed E-state index contributed by atoms with van der Waals surface area (Å²) in [5.74, 6) is 1.38. The summed E-state index contributed by atoms with van der Waals surface area (Å²) in [5, 5.41) is 5.58. The zero-order valence-electron chi connectivity index (χ0n) is 14.7. The van der Waals surface area contributed by atoms with Gasteiger partial charge in [-0.25, -0.2) is 4.79 Å². The zero-order chi connectivity index (χ0) is 16.8. The predicted octanol–water partition coefficient (Wildman–Crippen LogP) is 3.09. The standard InChI is InChI=1S/C17H32N2O3/c1-12(15(20)18-5)10-13-6-8-14(9-7-13)11-19-16(21)22-17(2,3)4/h12-14H,6-11H2,1-5H3,(H,18,20)(H,19,21)/t12-,13?,14?/m0/s1. The third-order valence-corrected chi connectivity index (χ3v) is 4.28. The number of nitrogens with one attached hydrogen (secondary N) is 2. The van der Waals surface area contributed by atoms with Gasteiger partial charge in [-0.15, -0.1) is 0 Å². The van der Waals surface area contributed by atoms with E-state index in [2.05, 4.69) is 10.6 Å². The fourth-order valence-corrected chi connectivity index (χ4v) is 3.07. The van der Waals surface area contributed by atoms with Gasteiger partial charge in [0, 0.05) is 19.5 Å². The second-order valence-electron chi connectivity index (χ2n) is 7.52. The minimum Gasteiger partial charge on any atom is -0.444 e. The number of hydrogen-bond acceptors (Lipinski definition) is 3. The normalized spacial score (nSPS) is 23.5. The van der Waals surface area contributed by atoms with Crippen LogP contribution in [0.2, 0.25) is 0 Å². The van der Waals surface area contributed by atoms with Crippen LogP contribution in [0.15, 0.2) is 0 Å². The molecule has 0 heterocycles. The Balaban J connectivity index is 2.23. The Morgan fingerprint density at radius 2 is 1.68 bits per heavy atom. The van der Waals surface area contributed by atoms with Crippen molar-refractivity contribution in [1.29, 1.82) is 0 Å². The van der Waals surface area contributed by atoms with E-state index >= 15 is 0 Å². The maximum absolute atomic E-state index is 11.6. The summed E-state index contributed by atoms with van der Waals surface area (Å²) in [6.45, 7) is 8.28. The molecule has 0 unspecified atom stereocenters. The molecule has 0 aromatic heterocycles. The second-order valence-corrected chi connectivity index (χ2v) is 7.52. The van der Waals surface area contributed by atoms with Crippen molar-refractivity contribution in [1.82, 2.24) is 10.6 Å². The van der Waals surface area contributed by atoms with Gasteiger partial charge < -0.3 is 15.4 Å². The summed E-state index contributed by atoms with van der Waals surface area (Å²) in [6, 6.07) is 0. The lowest BCUT2D eigenvalue weighted by Crippen LogP contribution is -2.36. The summed E-state index contributed by atoms with van der Waals surface area (Å²) in [7, 11) is 1.69. The Bertz CT molecular complexity index is 369. The number of ether oxygens (including phenoxy) is 1. The van der Waals surface area contributed by atoms with E-state index in [1.54, 1.807) is 7.05 Å². The molecule has 0 aromatic carbocycles. The van der Waals surface area contributed by atoms with Crippen molar-refractivity contribution < 1.29 is 14.3 Å². The van der Waals surface area contributed by atoms with Crippen LogP contribution < -0.4 is 10.6 Å². The quantitative estimate of drug-likeness (QED) is 0.819.